The van der Waals surface area contributed by atoms with Crippen LogP contribution >= 0.6 is 11.8 Å². The van der Waals surface area contributed by atoms with Crippen LogP contribution in [0.1, 0.15) is 13.8 Å². The minimum absolute atomic E-state index is 0.205. The topological polar surface area (TPSA) is 32.3 Å². The van der Waals surface area contributed by atoms with Gasteiger partial charge in [-0.2, -0.15) is 11.8 Å². The summed E-state index contributed by atoms with van der Waals surface area (Å²) in [5.74, 6) is 3.35. The van der Waals surface area contributed by atoms with Gasteiger partial charge >= 0.3 is 0 Å². The molecule has 0 spiro atoms. The number of hydrogen-bond donors (Lipinski definition) is 1. The van der Waals surface area contributed by atoms with Crippen LogP contribution in [-0.2, 0) is 4.79 Å². The molecule has 15 heavy (non-hydrogen) atoms. The number of thioether (sulfide) groups is 1. The zero-order chi connectivity index (χ0) is 10.8. The molecule has 2 rings (SSSR count). The van der Waals surface area contributed by atoms with Gasteiger partial charge in [-0.25, -0.2) is 0 Å². The van der Waals surface area contributed by atoms with Gasteiger partial charge in [0, 0.05) is 30.0 Å². The highest BCUT2D eigenvalue weighted by molar-refractivity contribution is 7.99. The predicted octanol–water partition coefficient (Wildman–Crippen LogP) is 0.806. The smallest absolute Gasteiger partial charge is 0.226 e. The molecule has 2 unspecified atom stereocenters. The summed E-state index contributed by atoms with van der Waals surface area (Å²) in [6.07, 6.45) is 0. The van der Waals surface area contributed by atoms with Crippen LogP contribution in [-0.4, -0.2) is 48.0 Å². The molecule has 0 bridgehead atoms. The monoisotopic (exact) mass is 228 g/mol. The summed E-state index contributed by atoms with van der Waals surface area (Å²) in [7, 11) is 0. The normalized spacial score (nSPS) is 29.7. The molecule has 0 aromatic carbocycles. The molecule has 86 valence electrons. The first-order chi connectivity index (χ1) is 7.20. The first kappa shape index (κ1) is 11.3. The van der Waals surface area contributed by atoms with Crippen molar-refractivity contribution in [1.82, 2.24) is 10.2 Å². The molecule has 1 N–H and O–H groups in total. The molecule has 2 heterocycles. The van der Waals surface area contributed by atoms with Crippen molar-refractivity contribution in [3.8, 4) is 0 Å². The van der Waals surface area contributed by atoms with Gasteiger partial charge in [0.25, 0.3) is 0 Å². The fourth-order valence-corrected chi connectivity index (χ4v) is 3.20. The molecule has 0 aliphatic carbocycles. The highest BCUT2D eigenvalue weighted by Gasteiger charge is 2.33. The van der Waals surface area contributed by atoms with Crippen LogP contribution in [0.4, 0.5) is 0 Å². The Hall–Kier alpha value is -0.220. The number of rotatable bonds is 2. The summed E-state index contributed by atoms with van der Waals surface area (Å²) in [6, 6.07) is 0.423. The predicted molar refractivity (Wildman–Crippen MR) is 64.0 cm³/mol. The van der Waals surface area contributed by atoms with Gasteiger partial charge < -0.3 is 10.2 Å². The van der Waals surface area contributed by atoms with Crippen LogP contribution in [0.3, 0.4) is 0 Å². The lowest BCUT2D eigenvalue weighted by Crippen LogP contribution is -2.53. The van der Waals surface area contributed by atoms with Crippen LogP contribution in [0, 0.1) is 11.8 Å². The van der Waals surface area contributed by atoms with E-state index in [0.29, 0.717) is 17.9 Å². The number of carbonyl (C=O) groups excluding carboxylic acids is 1. The van der Waals surface area contributed by atoms with Crippen LogP contribution < -0.4 is 5.32 Å². The van der Waals surface area contributed by atoms with Gasteiger partial charge in [-0.3, -0.25) is 4.79 Å². The summed E-state index contributed by atoms with van der Waals surface area (Å²) in [5, 5.41) is 3.24. The zero-order valence-corrected chi connectivity index (χ0v) is 10.3. The van der Waals surface area contributed by atoms with Crippen molar-refractivity contribution in [2.24, 2.45) is 11.8 Å². The van der Waals surface area contributed by atoms with E-state index in [9.17, 15) is 4.79 Å². The van der Waals surface area contributed by atoms with E-state index in [2.05, 4.69) is 24.1 Å². The van der Waals surface area contributed by atoms with E-state index in [-0.39, 0.29) is 5.92 Å². The molecule has 0 saturated carbocycles. The van der Waals surface area contributed by atoms with Crippen LogP contribution in [0.15, 0.2) is 0 Å². The SMILES string of the molecule is CC(C(=O)N1CCSCC1C)C1CNC1. The third-order valence-corrected chi connectivity index (χ3v) is 4.75. The van der Waals surface area contributed by atoms with Crippen molar-refractivity contribution in [3.05, 3.63) is 0 Å². The third-order valence-electron chi connectivity index (χ3n) is 3.56. The lowest BCUT2D eigenvalue weighted by molar-refractivity contribution is -0.138. The molecular formula is C11H20N2OS. The van der Waals surface area contributed by atoms with E-state index in [1.54, 1.807) is 0 Å². The Labute approximate surface area is 96.0 Å². The molecule has 4 heteroatoms. The van der Waals surface area contributed by atoms with Gasteiger partial charge in [0.1, 0.15) is 0 Å². The average Bonchev–Trinajstić information content (AvgIpc) is 2.15. The minimum Gasteiger partial charge on any atom is -0.338 e. The van der Waals surface area contributed by atoms with E-state index in [1.807, 2.05) is 11.8 Å². The van der Waals surface area contributed by atoms with E-state index in [0.717, 1.165) is 31.1 Å². The molecule has 0 radical (unpaired) electrons. The minimum atomic E-state index is 0.205. The summed E-state index contributed by atoms with van der Waals surface area (Å²) >= 11 is 1.96. The quantitative estimate of drug-likeness (QED) is 0.759. The van der Waals surface area contributed by atoms with Crippen LogP contribution in [0.2, 0.25) is 0 Å². The van der Waals surface area contributed by atoms with Crippen molar-refractivity contribution in [2.75, 3.05) is 31.1 Å². The lowest BCUT2D eigenvalue weighted by atomic mass is 9.87. The molecule has 1 amide bonds. The fraction of sp³-hybridized carbons (Fsp3) is 0.909. The maximum Gasteiger partial charge on any atom is 0.226 e. The molecule has 2 atom stereocenters. The molecule has 2 saturated heterocycles. The highest BCUT2D eigenvalue weighted by Crippen LogP contribution is 2.23. The Bertz CT molecular complexity index is 243. The number of amides is 1. The Kier molecular flexibility index (Phi) is 3.57. The summed E-state index contributed by atoms with van der Waals surface area (Å²) < 4.78 is 0. The molecule has 2 fully saturated rings. The first-order valence-corrected chi connectivity index (χ1v) is 6.94. The largest absolute Gasteiger partial charge is 0.338 e. The van der Waals surface area contributed by atoms with E-state index < -0.39 is 0 Å². The van der Waals surface area contributed by atoms with Crippen molar-refractivity contribution in [1.29, 1.82) is 0 Å². The number of nitrogens with one attached hydrogen (secondary N) is 1. The fourth-order valence-electron chi connectivity index (χ4n) is 2.18. The standard InChI is InChI=1S/C11H20N2OS/c1-8-7-15-4-3-13(8)11(14)9(2)10-5-12-6-10/h8-10,12H,3-7H2,1-2H3. The van der Waals surface area contributed by atoms with Crippen molar-refractivity contribution < 1.29 is 4.79 Å². The molecule has 3 nitrogen and oxygen atoms in total. The third kappa shape index (κ3) is 2.31. The van der Waals surface area contributed by atoms with E-state index in [1.165, 1.54) is 0 Å². The number of carbonyl (C=O) groups is 1. The van der Waals surface area contributed by atoms with Crippen molar-refractivity contribution >= 4 is 17.7 Å². The summed E-state index contributed by atoms with van der Waals surface area (Å²) in [6.45, 7) is 7.22. The van der Waals surface area contributed by atoms with E-state index >= 15 is 0 Å². The maximum absolute atomic E-state index is 12.2. The number of hydrogen-bond acceptors (Lipinski definition) is 3. The van der Waals surface area contributed by atoms with Crippen molar-refractivity contribution in [2.45, 2.75) is 19.9 Å². The molecule has 0 aromatic heterocycles. The van der Waals surface area contributed by atoms with Crippen LogP contribution in [0.5, 0.6) is 0 Å². The Morgan fingerprint density at radius 3 is 2.80 bits per heavy atom. The van der Waals surface area contributed by atoms with Gasteiger partial charge in [-0.15, -0.1) is 0 Å². The van der Waals surface area contributed by atoms with Crippen LogP contribution in [0.25, 0.3) is 0 Å². The maximum atomic E-state index is 12.2. The second kappa shape index (κ2) is 4.74. The Morgan fingerprint density at radius 1 is 1.53 bits per heavy atom. The Morgan fingerprint density at radius 2 is 2.27 bits per heavy atom. The lowest BCUT2D eigenvalue weighted by Gasteiger charge is -2.39. The second-order valence-electron chi connectivity index (χ2n) is 4.66. The van der Waals surface area contributed by atoms with Gasteiger partial charge in [-0.05, 0) is 25.9 Å². The molecular weight excluding hydrogens is 208 g/mol. The molecule has 0 aromatic rings. The first-order valence-electron chi connectivity index (χ1n) is 5.79. The Balaban J connectivity index is 1.92. The molecule has 2 aliphatic rings. The van der Waals surface area contributed by atoms with Gasteiger partial charge in [0.15, 0.2) is 0 Å². The van der Waals surface area contributed by atoms with Gasteiger partial charge in [0.05, 0.1) is 0 Å². The highest BCUT2D eigenvalue weighted by atomic mass is 32.2. The summed E-state index contributed by atoms with van der Waals surface area (Å²) in [5.41, 5.74) is 0. The van der Waals surface area contributed by atoms with Gasteiger partial charge in [0.2, 0.25) is 5.91 Å². The summed E-state index contributed by atoms with van der Waals surface area (Å²) in [4.78, 5) is 14.3. The second-order valence-corrected chi connectivity index (χ2v) is 5.81. The zero-order valence-electron chi connectivity index (χ0n) is 9.53. The number of nitrogens with zero attached hydrogens (tertiary/aromatic N) is 1. The average molecular weight is 228 g/mol. The van der Waals surface area contributed by atoms with Crippen molar-refractivity contribution in [3.63, 3.8) is 0 Å². The molecule has 2 aliphatic heterocycles. The van der Waals surface area contributed by atoms with E-state index in [4.69, 9.17) is 0 Å². The van der Waals surface area contributed by atoms with Gasteiger partial charge in [-0.1, -0.05) is 6.92 Å².